The Kier molecular flexibility index (Phi) is 6.77. The number of nitrogens with one attached hydrogen (secondary N) is 1. The highest BCUT2D eigenvalue weighted by molar-refractivity contribution is 7.89. The van der Waals surface area contributed by atoms with Gasteiger partial charge in [0.05, 0.1) is 35.3 Å². The Labute approximate surface area is 186 Å². The molecule has 1 aliphatic heterocycles. The van der Waals surface area contributed by atoms with Crippen molar-refractivity contribution in [2.75, 3.05) is 6.54 Å². The largest absolute Gasteiger partial charge is 0.332 e. The highest BCUT2D eigenvalue weighted by Crippen LogP contribution is 2.33. The summed E-state index contributed by atoms with van der Waals surface area (Å²) in [7, 11) is -3.78. The second kappa shape index (κ2) is 9.19. The molecule has 0 radical (unpaired) electrons. The van der Waals surface area contributed by atoms with Crippen molar-refractivity contribution >= 4 is 15.9 Å². The van der Waals surface area contributed by atoms with Gasteiger partial charge in [0, 0.05) is 11.1 Å². The molecule has 8 nitrogen and oxygen atoms in total. The number of primary sulfonamides is 1. The first kappa shape index (κ1) is 23.6. The Bertz CT molecular complexity index is 1220. The lowest BCUT2D eigenvalue weighted by Gasteiger charge is -2.23. The number of nitrogens with zero attached hydrogens (tertiary/aromatic N) is 2. The maximum Gasteiger partial charge on any atom is 0.238 e. The molecule has 0 saturated carbocycles. The van der Waals surface area contributed by atoms with E-state index in [1.54, 1.807) is 29.2 Å². The molecule has 32 heavy (non-hydrogen) atoms. The number of aromatic amines is 1. The van der Waals surface area contributed by atoms with Crippen molar-refractivity contribution in [1.29, 1.82) is 0 Å². The van der Waals surface area contributed by atoms with Gasteiger partial charge in [-0.3, -0.25) is 9.89 Å². The molecule has 0 aliphatic carbocycles. The van der Waals surface area contributed by atoms with Gasteiger partial charge in [-0.2, -0.15) is 5.10 Å². The van der Waals surface area contributed by atoms with Gasteiger partial charge in [-0.05, 0) is 42.8 Å². The van der Waals surface area contributed by atoms with E-state index in [9.17, 15) is 17.6 Å². The van der Waals surface area contributed by atoms with Gasteiger partial charge in [-0.15, -0.1) is 0 Å². The predicted molar refractivity (Wildman–Crippen MR) is 119 cm³/mol. The van der Waals surface area contributed by atoms with Gasteiger partial charge in [0.1, 0.15) is 5.82 Å². The maximum absolute atomic E-state index is 13.7. The minimum Gasteiger partial charge on any atom is -0.332 e. The van der Waals surface area contributed by atoms with Gasteiger partial charge in [-0.25, -0.2) is 17.9 Å². The number of benzene rings is 2. The lowest BCUT2D eigenvalue weighted by Crippen LogP contribution is -2.32. The zero-order valence-corrected chi connectivity index (χ0v) is 17.4. The molecule has 5 N–H and O–H groups in total. The SMILES string of the molecule is C.NCCC(C(=O)N1Cc2[nH]nc(-c3ccc(S(N)(=O)=O)cc3)c2C1)c1cccc(F)c1. The van der Waals surface area contributed by atoms with E-state index >= 15 is 0 Å². The normalized spacial score (nSPS) is 14.0. The molecule has 0 saturated heterocycles. The molecule has 1 amide bonds. The number of nitrogens with two attached hydrogens (primary N) is 2. The van der Waals surface area contributed by atoms with Crippen LogP contribution < -0.4 is 10.9 Å². The number of H-pyrrole nitrogens is 1. The lowest BCUT2D eigenvalue weighted by atomic mass is 9.94. The molecule has 1 aliphatic rings. The molecule has 1 aromatic heterocycles. The molecule has 3 aromatic rings. The zero-order chi connectivity index (χ0) is 22.2. The van der Waals surface area contributed by atoms with E-state index in [-0.39, 0.29) is 18.2 Å². The number of fused-ring (bicyclic) bond motifs is 1. The molecule has 0 fully saturated rings. The summed E-state index contributed by atoms with van der Waals surface area (Å²) in [6, 6.07) is 12.1. The van der Waals surface area contributed by atoms with Gasteiger partial charge < -0.3 is 10.6 Å². The molecular formula is C22H26FN5O3S. The van der Waals surface area contributed by atoms with Crippen LogP contribution in [0.3, 0.4) is 0 Å². The van der Waals surface area contributed by atoms with Crippen LogP contribution in [0.4, 0.5) is 4.39 Å². The van der Waals surface area contributed by atoms with Crippen molar-refractivity contribution in [3.8, 4) is 11.3 Å². The highest BCUT2D eigenvalue weighted by atomic mass is 32.2. The summed E-state index contributed by atoms with van der Waals surface area (Å²) >= 11 is 0. The van der Waals surface area contributed by atoms with Crippen LogP contribution in [0.5, 0.6) is 0 Å². The summed E-state index contributed by atoms with van der Waals surface area (Å²) in [6.45, 7) is 0.995. The monoisotopic (exact) mass is 459 g/mol. The number of carbonyl (C=O) groups is 1. The van der Waals surface area contributed by atoms with Crippen LogP contribution in [-0.2, 0) is 27.9 Å². The van der Waals surface area contributed by atoms with Crippen molar-refractivity contribution in [1.82, 2.24) is 15.1 Å². The Hall–Kier alpha value is -3.08. The van der Waals surface area contributed by atoms with Crippen LogP contribution in [0, 0.1) is 5.82 Å². The predicted octanol–water partition coefficient (Wildman–Crippen LogP) is 2.47. The molecule has 170 valence electrons. The molecule has 4 rings (SSSR count). The maximum atomic E-state index is 13.7. The molecule has 2 aromatic carbocycles. The highest BCUT2D eigenvalue weighted by Gasteiger charge is 2.33. The second-order valence-corrected chi connectivity index (χ2v) is 9.04. The van der Waals surface area contributed by atoms with Gasteiger partial charge in [-0.1, -0.05) is 31.7 Å². The zero-order valence-electron chi connectivity index (χ0n) is 16.6. The fourth-order valence-corrected chi connectivity index (χ4v) is 4.40. The third-order valence-electron chi connectivity index (χ3n) is 5.42. The molecule has 10 heteroatoms. The summed E-state index contributed by atoms with van der Waals surface area (Å²) in [5.41, 5.74) is 9.35. The molecule has 0 bridgehead atoms. The van der Waals surface area contributed by atoms with Crippen molar-refractivity contribution < 1.29 is 17.6 Å². The Morgan fingerprint density at radius 3 is 2.53 bits per heavy atom. The number of halogens is 1. The van der Waals surface area contributed by atoms with E-state index in [1.807, 2.05) is 0 Å². The molecule has 0 spiro atoms. The Morgan fingerprint density at radius 1 is 1.19 bits per heavy atom. The Balaban J connectivity index is 0.00000289. The third kappa shape index (κ3) is 4.57. The summed E-state index contributed by atoms with van der Waals surface area (Å²) in [5, 5.41) is 12.4. The van der Waals surface area contributed by atoms with Crippen molar-refractivity contribution in [2.24, 2.45) is 10.9 Å². The van der Waals surface area contributed by atoms with Crippen LogP contribution in [0.2, 0.25) is 0 Å². The van der Waals surface area contributed by atoms with E-state index in [0.717, 1.165) is 11.3 Å². The quantitative estimate of drug-likeness (QED) is 0.520. The number of carbonyl (C=O) groups excluding carboxylic acids is 1. The van der Waals surface area contributed by atoms with Gasteiger partial charge >= 0.3 is 0 Å². The van der Waals surface area contributed by atoms with E-state index < -0.39 is 21.8 Å². The summed E-state index contributed by atoms with van der Waals surface area (Å²) in [5.74, 6) is -1.06. The van der Waals surface area contributed by atoms with Crippen molar-refractivity contribution in [3.05, 3.63) is 71.2 Å². The molecule has 1 atom stereocenters. The van der Waals surface area contributed by atoms with E-state index in [0.29, 0.717) is 42.9 Å². The fraction of sp³-hybridized carbons (Fsp3) is 0.273. The lowest BCUT2D eigenvalue weighted by molar-refractivity contribution is -0.133. The minimum absolute atomic E-state index is 0. The van der Waals surface area contributed by atoms with Crippen molar-refractivity contribution in [2.45, 2.75) is 37.8 Å². The number of amides is 1. The average Bonchev–Trinajstić information content (AvgIpc) is 3.32. The standard InChI is InChI=1S/C21H22FN5O3S.CH4/c22-15-3-1-2-14(10-15)17(8-9-23)21(28)27-11-18-19(12-27)25-26-20(18)13-4-6-16(7-5-13)31(24,29)30;/h1-7,10,17H,8-9,11-12,23H2,(H,25,26)(H2,24,29,30);1H4. The first-order valence-electron chi connectivity index (χ1n) is 9.71. The number of rotatable bonds is 6. The molecule has 2 heterocycles. The van der Waals surface area contributed by atoms with Gasteiger partial charge in [0.15, 0.2) is 0 Å². The first-order chi connectivity index (χ1) is 14.8. The van der Waals surface area contributed by atoms with Crippen LogP contribution >= 0.6 is 0 Å². The van der Waals surface area contributed by atoms with Crippen LogP contribution in [0.25, 0.3) is 11.3 Å². The van der Waals surface area contributed by atoms with Crippen molar-refractivity contribution in [3.63, 3.8) is 0 Å². The number of sulfonamides is 1. The number of hydrogen-bond acceptors (Lipinski definition) is 5. The smallest absolute Gasteiger partial charge is 0.238 e. The van der Waals surface area contributed by atoms with Crippen LogP contribution in [0.15, 0.2) is 53.4 Å². The van der Waals surface area contributed by atoms with E-state index in [1.165, 1.54) is 24.3 Å². The van der Waals surface area contributed by atoms with Gasteiger partial charge in [0.2, 0.25) is 15.9 Å². The van der Waals surface area contributed by atoms with Gasteiger partial charge in [0.25, 0.3) is 0 Å². The number of hydrogen-bond donors (Lipinski definition) is 3. The molecule has 1 unspecified atom stereocenters. The fourth-order valence-electron chi connectivity index (χ4n) is 3.88. The second-order valence-electron chi connectivity index (χ2n) is 7.48. The minimum atomic E-state index is -3.78. The first-order valence-corrected chi connectivity index (χ1v) is 11.3. The van der Waals surface area contributed by atoms with Crippen LogP contribution in [-0.4, -0.2) is 36.0 Å². The number of aromatic nitrogens is 2. The van der Waals surface area contributed by atoms with E-state index in [2.05, 4.69) is 10.2 Å². The Morgan fingerprint density at radius 2 is 1.91 bits per heavy atom. The van der Waals surface area contributed by atoms with Crippen LogP contribution in [0.1, 0.15) is 36.6 Å². The summed E-state index contributed by atoms with van der Waals surface area (Å²) in [4.78, 5) is 15.0. The summed E-state index contributed by atoms with van der Waals surface area (Å²) in [6.07, 6.45) is 0.410. The van der Waals surface area contributed by atoms with E-state index in [4.69, 9.17) is 10.9 Å². The topological polar surface area (TPSA) is 135 Å². The summed E-state index contributed by atoms with van der Waals surface area (Å²) < 4.78 is 36.6. The third-order valence-corrected chi connectivity index (χ3v) is 6.35. The molecular weight excluding hydrogens is 433 g/mol. The average molecular weight is 460 g/mol.